The van der Waals surface area contributed by atoms with Crippen LogP contribution in [-0.4, -0.2) is 13.0 Å². The first-order valence-electron chi connectivity index (χ1n) is 5.69. The van der Waals surface area contributed by atoms with Crippen LogP contribution in [0, 0.1) is 5.82 Å². The first-order chi connectivity index (χ1) is 9.41. The molecule has 0 radical (unpaired) electrons. The van der Waals surface area contributed by atoms with Gasteiger partial charge in [-0.05, 0) is 30.3 Å². The van der Waals surface area contributed by atoms with Crippen LogP contribution >= 0.6 is 27.5 Å². The molecule has 0 atom stereocenters. The minimum Gasteiger partial charge on any atom is -0.397 e. The smallest absolute Gasteiger partial charge is 0.261 e. The van der Waals surface area contributed by atoms with E-state index in [2.05, 4.69) is 15.9 Å². The van der Waals surface area contributed by atoms with Crippen molar-refractivity contribution in [2.45, 2.75) is 0 Å². The van der Waals surface area contributed by atoms with E-state index in [-0.39, 0.29) is 10.6 Å². The SMILES string of the molecule is CN(C(=O)c1cccc(Cl)c1F)c1ccc(Br)cc1N. The summed E-state index contributed by atoms with van der Waals surface area (Å²) in [6.07, 6.45) is 0. The molecule has 2 rings (SSSR count). The number of rotatable bonds is 2. The minimum absolute atomic E-state index is 0.0898. The number of hydrogen-bond acceptors (Lipinski definition) is 2. The molecule has 0 bridgehead atoms. The average molecular weight is 358 g/mol. The fourth-order valence-electron chi connectivity index (χ4n) is 1.79. The van der Waals surface area contributed by atoms with Crippen LogP contribution in [0.2, 0.25) is 5.02 Å². The quantitative estimate of drug-likeness (QED) is 0.823. The summed E-state index contributed by atoms with van der Waals surface area (Å²) >= 11 is 8.97. The lowest BCUT2D eigenvalue weighted by Crippen LogP contribution is -2.27. The lowest BCUT2D eigenvalue weighted by atomic mass is 10.1. The molecule has 2 aromatic carbocycles. The van der Waals surface area contributed by atoms with Crippen LogP contribution in [0.3, 0.4) is 0 Å². The van der Waals surface area contributed by atoms with Crippen molar-refractivity contribution in [3.63, 3.8) is 0 Å². The molecule has 3 nitrogen and oxygen atoms in total. The maximum Gasteiger partial charge on any atom is 0.261 e. The van der Waals surface area contributed by atoms with Gasteiger partial charge in [-0.3, -0.25) is 4.79 Å². The third kappa shape index (κ3) is 2.78. The lowest BCUT2D eigenvalue weighted by Gasteiger charge is -2.20. The monoisotopic (exact) mass is 356 g/mol. The van der Waals surface area contributed by atoms with E-state index in [1.807, 2.05) is 0 Å². The molecule has 0 heterocycles. The van der Waals surface area contributed by atoms with Crippen molar-refractivity contribution in [1.29, 1.82) is 0 Å². The first-order valence-corrected chi connectivity index (χ1v) is 6.86. The van der Waals surface area contributed by atoms with Gasteiger partial charge in [-0.25, -0.2) is 4.39 Å². The van der Waals surface area contributed by atoms with Gasteiger partial charge in [0.15, 0.2) is 5.82 Å². The summed E-state index contributed by atoms with van der Waals surface area (Å²) in [6, 6.07) is 9.41. The highest BCUT2D eigenvalue weighted by molar-refractivity contribution is 9.10. The summed E-state index contributed by atoms with van der Waals surface area (Å²) in [5, 5.41) is -0.0898. The maximum atomic E-state index is 13.9. The Bertz CT molecular complexity index is 678. The van der Waals surface area contributed by atoms with Gasteiger partial charge in [0.1, 0.15) is 0 Å². The Hall–Kier alpha value is -1.59. The highest BCUT2D eigenvalue weighted by Gasteiger charge is 2.20. The molecule has 0 saturated carbocycles. The Kier molecular flexibility index (Phi) is 4.30. The third-order valence-electron chi connectivity index (χ3n) is 2.84. The predicted octanol–water partition coefficient (Wildman–Crippen LogP) is 4.10. The van der Waals surface area contributed by atoms with E-state index in [1.54, 1.807) is 18.2 Å². The summed E-state index contributed by atoms with van der Waals surface area (Å²) in [7, 11) is 1.53. The predicted molar refractivity (Wildman–Crippen MR) is 82.7 cm³/mol. The van der Waals surface area contributed by atoms with Crippen LogP contribution in [0.1, 0.15) is 10.4 Å². The number of nitrogen functional groups attached to an aromatic ring is 1. The molecule has 104 valence electrons. The summed E-state index contributed by atoms with van der Waals surface area (Å²) in [4.78, 5) is 13.6. The van der Waals surface area contributed by atoms with E-state index in [4.69, 9.17) is 17.3 Å². The Morgan fingerprint density at radius 2 is 2.05 bits per heavy atom. The molecular weight excluding hydrogens is 347 g/mol. The molecule has 0 aliphatic carbocycles. The normalized spacial score (nSPS) is 10.4. The fourth-order valence-corrected chi connectivity index (χ4v) is 2.34. The zero-order valence-electron chi connectivity index (χ0n) is 10.5. The van der Waals surface area contributed by atoms with E-state index in [0.29, 0.717) is 11.4 Å². The highest BCUT2D eigenvalue weighted by Crippen LogP contribution is 2.28. The largest absolute Gasteiger partial charge is 0.397 e. The number of halogens is 3. The lowest BCUT2D eigenvalue weighted by molar-refractivity contribution is 0.0989. The van der Waals surface area contributed by atoms with Gasteiger partial charge in [-0.2, -0.15) is 0 Å². The van der Waals surface area contributed by atoms with Crippen molar-refractivity contribution in [3.8, 4) is 0 Å². The molecular formula is C14H11BrClFN2O. The molecule has 2 N–H and O–H groups in total. The second kappa shape index (κ2) is 5.81. The van der Waals surface area contributed by atoms with E-state index < -0.39 is 11.7 Å². The van der Waals surface area contributed by atoms with Crippen LogP contribution < -0.4 is 10.6 Å². The zero-order chi connectivity index (χ0) is 14.9. The highest BCUT2D eigenvalue weighted by atomic mass is 79.9. The van der Waals surface area contributed by atoms with Crippen molar-refractivity contribution in [2.75, 3.05) is 17.7 Å². The summed E-state index contributed by atoms with van der Waals surface area (Å²) in [6.45, 7) is 0. The Labute approximate surface area is 129 Å². The van der Waals surface area contributed by atoms with Crippen molar-refractivity contribution in [2.24, 2.45) is 0 Å². The molecule has 0 fully saturated rings. The van der Waals surface area contributed by atoms with Crippen molar-refractivity contribution >= 4 is 44.8 Å². The van der Waals surface area contributed by atoms with E-state index in [9.17, 15) is 9.18 Å². The number of amides is 1. The Morgan fingerprint density at radius 3 is 2.70 bits per heavy atom. The second-order valence-electron chi connectivity index (χ2n) is 4.17. The number of carbonyl (C=O) groups is 1. The van der Waals surface area contributed by atoms with Gasteiger partial charge in [0, 0.05) is 11.5 Å². The Morgan fingerprint density at radius 1 is 1.35 bits per heavy atom. The molecule has 1 amide bonds. The van der Waals surface area contributed by atoms with Gasteiger partial charge in [0.2, 0.25) is 0 Å². The van der Waals surface area contributed by atoms with Gasteiger partial charge in [0.05, 0.1) is 22.0 Å². The molecule has 0 aliphatic rings. The molecule has 0 spiro atoms. The van der Waals surface area contributed by atoms with Crippen LogP contribution in [0.15, 0.2) is 40.9 Å². The first kappa shape index (κ1) is 14.8. The van der Waals surface area contributed by atoms with Gasteiger partial charge >= 0.3 is 0 Å². The van der Waals surface area contributed by atoms with Crippen LogP contribution in [0.5, 0.6) is 0 Å². The van der Waals surface area contributed by atoms with E-state index in [0.717, 1.165) is 4.47 Å². The van der Waals surface area contributed by atoms with Crippen LogP contribution in [-0.2, 0) is 0 Å². The van der Waals surface area contributed by atoms with Crippen molar-refractivity contribution < 1.29 is 9.18 Å². The van der Waals surface area contributed by atoms with Gasteiger partial charge in [-0.15, -0.1) is 0 Å². The number of carbonyl (C=O) groups excluding carboxylic acids is 1. The Balaban J connectivity index is 2.40. The van der Waals surface area contributed by atoms with Crippen LogP contribution in [0.25, 0.3) is 0 Å². The van der Waals surface area contributed by atoms with E-state index in [1.165, 1.54) is 30.1 Å². The molecule has 0 unspecified atom stereocenters. The van der Waals surface area contributed by atoms with Crippen LogP contribution in [0.4, 0.5) is 15.8 Å². The zero-order valence-corrected chi connectivity index (χ0v) is 12.9. The number of nitrogens with zero attached hydrogens (tertiary/aromatic N) is 1. The van der Waals surface area contributed by atoms with Gasteiger partial charge in [0.25, 0.3) is 5.91 Å². The summed E-state index contributed by atoms with van der Waals surface area (Å²) in [5.41, 5.74) is 6.68. The second-order valence-corrected chi connectivity index (χ2v) is 5.49. The summed E-state index contributed by atoms with van der Waals surface area (Å²) < 4.78 is 14.7. The molecule has 0 saturated heterocycles. The molecule has 0 aliphatic heterocycles. The van der Waals surface area contributed by atoms with Crippen molar-refractivity contribution in [1.82, 2.24) is 0 Å². The third-order valence-corrected chi connectivity index (χ3v) is 3.62. The van der Waals surface area contributed by atoms with Gasteiger partial charge in [-0.1, -0.05) is 33.6 Å². The number of anilines is 2. The molecule has 20 heavy (non-hydrogen) atoms. The fraction of sp³-hybridized carbons (Fsp3) is 0.0714. The summed E-state index contributed by atoms with van der Waals surface area (Å²) in [5.74, 6) is -1.25. The average Bonchev–Trinajstić information content (AvgIpc) is 2.40. The maximum absolute atomic E-state index is 13.9. The molecule has 2 aromatic rings. The number of nitrogens with two attached hydrogens (primary N) is 1. The molecule has 0 aromatic heterocycles. The number of benzene rings is 2. The van der Waals surface area contributed by atoms with E-state index >= 15 is 0 Å². The standard InChI is InChI=1S/C14H11BrClFN2O/c1-19(12-6-5-8(15)7-11(12)18)14(20)9-3-2-4-10(16)13(9)17/h2-7H,18H2,1H3. The van der Waals surface area contributed by atoms with Gasteiger partial charge < -0.3 is 10.6 Å². The minimum atomic E-state index is -0.735. The number of hydrogen-bond donors (Lipinski definition) is 1. The topological polar surface area (TPSA) is 46.3 Å². The molecule has 6 heteroatoms. The van der Waals surface area contributed by atoms with Crippen molar-refractivity contribution in [3.05, 3.63) is 57.3 Å².